The molecule has 0 aliphatic carbocycles. The number of hydrogen-bond donors (Lipinski definition) is 0. The van der Waals surface area contributed by atoms with Crippen LogP contribution in [0.1, 0.15) is 20.7 Å². The fourth-order valence-electron chi connectivity index (χ4n) is 2.13. The summed E-state index contributed by atoms with van der Waals surface area (Å²) in [5.41, 5.74) is 0.644. The van der Waals surface area contributed by atoms with Gasteiger partial charge in [-0.1, -0.05) is 12.1 Å². The van der Waals surface area contributed by atoms with Gasteiger partial charge in [-0.2, -0.15) is 5.26 Å². The minimum absolute atomic E-state index is 0.301. The zero-order chi connectivity index (χ0) is 13.6. The molecule has 6 heteroatoms. The number of carbonyl (C=O) groups is 3. The molecular weight excluding hydrogens is 246 g/mol. The van der Waals surface area contributed by atoms with E-state index in [9.17, 15) is 14.4 Å². The van der Waals surface area contributed by atoms with Crippen molar-refractivity contribution < 1.29 is 14.4 Å². The second-order valence-electron chi connectivity index (χ2n) is 4.43. The lowest BCUT2D eigenvalue weighted by atomic mass is 10.1. The average molecular weight is 255 g/mol. The predicted molar refractivity (Wildman–Crippen MR) is 62.9 cm³/mol. The minimum Gasteiger partial charge on any atom is -0.320 e. The molecule has 1 atom stereocenters. The first-order valence-corrected chi connectivity index (χ1v) is 5.78. The number of fused-ring (bicyclic) bond motifs is 1. The van der Waals surface area contributed by atoms with Crippen LogP contribution in [0.25, 0.3) is 0 Å². The van der Waals surface area contributed by atoms with Gasteiger partial charge in [-0.05, 0) is 12.1 Å². The molecule has 0 radical (unpaired) electrons. The Balaban J connectivity index is 1.78. The normalized spacial score (nSPS) is 20.3. The Bertz CT molecular complexity index is 612. The predicted octanol–water partition coefficient (Wildman–Crippen LogP) is 0.0170. The molecule has 1 saturated heterocycles. The SMILES string of the molecule is N#CC1CN1C(=O)CN1C(=O)c2ccccc2C1=O. The van der Waals surface area contributed by atoms with Crippen molar-refractivity contribution >= 4 is 17.7 Å². The highest BCUT2D eigenvalue weighted by atomic mass is 16.2. The first kappa shape index (κ1) is 11.4. The van der Waals surface area contributed by atoms with Gasteiger partial charge in [0, 0.05) is 0 Å². The Morgan fingerprint density at radius 1 is 1.26 bits per heavy atom. The Morgan fingerprint density at radius 3 is 2.32 bits per heavy atom. The van der Waals surface area contributed by atoms with Crippen molar-refractivity contribution in [1.82, 2.24) is 9.80 Å². The van der Waals surface area contributed by atoms with Gasteiger partial charge in [0.1, 0.15) is 12.6 Å². The summed E-state index contributed by atoms with van der Waals surface area (Å²) in [5, 5.41) is 8.64. The summed E-state index contributed by atoms with van der Waals surface area (Å²) >= 11 is 0. The fourth-order valence-corrected chi connectivity index (χ4v) is 2.13. The van der Waals surface area contributed by atoms with E-state index in [0.29, 0.717) is 17.7 Å². The number of imide groups is 1. The van der Waals surface area contributed by atoms with Crippen molar-refractivity contribution in [2.24, 2.45) is 0 Å². The molecule has 94 valence electrons. The van der Waals surface area contributed by atoms with Gasteiger partial charge >= 0.3 is 0 Å². The molecule has 3 rings (SSSR count). The molecule has 2 heterocycles. The van der Waals surface area contributed by atoms with E-state index in [-0.39, 0.29) is 12.5 Å². The van der Waals surface area contributed by atoms with Crippen LogP contribution in [0.15, 0.2) is 24.3 Å². The van der Waals surface area contributed by atoms with Gasteiger partial charge in [0.05, 0.1) is 23.7 Å². The van der Waals surface area contributed by atoms with E-state index in [2.05, 4.69) is 0 Å². The van der Waals surface area contributed by atoms with Crippen molar-refractivity contribution in [1.29, 1.82) is 5.26 Å². The highest BCUT2D eigenvalue weighted by molar-refractivity contribution is 6.22. The maximum absolute atomic E-state index is 12.0. The summed E-state index contributed by atoms with van der Waals surface area (Å²) in [7, 11) is 0. The van der Waals surface area contributed by atoms with Gasteiger partial charge in [0.25, 0.3) is 11.8 Å². The molecule has 1 unspecified atom stereocenters. The summed E-state index contributed by atoms with van der Waals surface area (Å²) in [6.45, 7) is 0.0724. The van der Waals surface area contributed by atoms with Crippen LogP contribution >= 0.6 is 0 Å². The van der Waals surface area contributed by atoms with E-state index in [1.54, 1.807) is 24.3 Å². The largest absolute Gasteiger partial charge is 0.320 e. The Labute approximate surface area is 108 Å². The lowest BCUT2D eigenvalue weighted by Crippen LogP contribution is -2.37. The Morgan fingerprint density at radius 2 is 1.84 bits per heavy atom. The first-order chi connectivity index (χ1) is 9.13. The number of benzene rings is 1. The molecular formula is C13H9N3O3. The van der Waals surface area contributed by atoms with Gasteiger partial charge in [0.15, 0.2) is 0 Å². The average Bonchev–Trinajstić information content (AvgIpc) is 3.18. The second-order valence-corrected chi connectivity index (χ2v) is 4.43. The van der Waals surface area contributed by atoms with E-state index < -0.39 is 17.9 Å². The van der Waals surface area contributed by atoms with Gasteiger partial charge < -0.3 is 4.90 Å². The number of nitriles is 1. The quantitative estimate of drug-likeness (QED) is 0.551. The van der Waals surface area contributed by atoms with E-state index in [1.165, 1.54) is 4.90 Å². The van der Waals surface area contributed by atoms with E-state index in [4.69, 9.17) is 5.26 Å². The van der Waals surface area contributed by atoms with Gasteiger partial charge in [-0.3, -0.25) is 19.3 Å². The smallest absolute Gasteiger partial charge is 0.262 e. The van der Waals surface area contributed by atoms with Crippen LogP contribution in [0.2, 0.25) is 0 Å². The van der Waals surface area contributed by atoms with Crippen molar-refractivity contribution in [3.8, 4) is 6.07 Å². The maximum atomic E-state index is 12.0. The molecule has 1 aromatic carbocycles. The van der Waals surface area contributed by atoms with Gasteiger partial charge in [-0.25, -0.2) is 0 Å². The summed E-state index contributed by atoms with van der Waals surface area (Å²) in [6.07, 6.45) is 0. The molecule has 3 amide bonds. The van der Waals surface area contributed by atoms with Gasteiger partial charge in [-0.15, -0.1) is 0 Å². The highest BCUT2D eigenvalue weighted by Crippen LogP contribution is 2.23. The van der Waals surface area contributed by atoms with Crippen LogP contribution < -0.4 is 0 Å². The van der Waals surface area contributed by atoms with E-state index in [0.717, 1.165) is 4.90 Å². The van der Waals surface area contributed by atoms with Crippen LogP contribution in [0.5, 0.6) is 0 Å². The van der Waals surface area contributed by atoms with E-state index >= 15 is 0 Å². The number of carbonyl (C=O) groups excluding carboxylic acids is 3. The third-order valence-corrected chi connectivity index (χ3v) is 3.25. The molecule has 0 N–H and O–H groups in total. The molecule has 6 nitrogen and oxygen atoms in total. The third-order valence-electron chi connectivity index (χ3n) is 3.25. The second kappa shape index (κ2) is 3.92. The lowest BCUT2D eigenvalue weighted by Gasteiger charge is -2.12. The van der Waals surface area contributed by atoms with E-state index in [1.807, 2.05) is 6.07 Å². The van der Waals surface area contributed by atoms with Crippen molar-refractivity contribution in [2.45, 2.75) is 6.04 Å². The molecule has 0 bridgehead atoms. The zero-order valence-electron chi connectivity index (χ0n) is 9.87. The number of amides is 3. The molecule has 1 fully saturated rings. The molecule has 1 aromatic rings. The van der Waals surface area contributed by atoms with Gasteiger partial charge in [0.2, 0.25) is 5.91 Å². The van der Waals surface area contributed by atoms with Crippen molar-refractivity contribution in [3.63, 3.8) is 0 Å². The molecule has 19 heavy (non-hydrogen) atoms. The highest BCUT2D eigenvalue weighted by Gasteiger charge is 2.42. The maximum Gasteiger partial charge on any atom is 0.262 e. The standard InChI is InChI=1S/C13H9N3O3/c14-5-8-6-15(8)11(17)7-16-12(18)9-3-1-2-4-10(9)13(16)19/h1-4,8H,6-7H2. The lowest BCUT2D eigenvalue weighted by molar-refractivity contribution is -0.126. The van der Waals surface area contributed by atoms with Crippen LogP contribution in [-0.4, -0.2) is 46.7 Å². The molecule has 0 aromatic heterocycles. The summed E-state index contributed by atoms with van der Waals surface area (Å²) in [6, 6.07) is 8.01. The molecule has 2 aliphatic rings. The minimum atomic E-state index is -0.454. The monoisotopic (exact) mass is 255 g/mol. The van der Waals surface area contributed by atoms with Crippen molar-refractivity contribution in [2.75, 3.05) is 13.1 Å². The van der Waals surface area contributed by atoms with Crippen LogP contribution in [0, 0.1) is 11.3 Å². The topological polar surface area (TPSA) is 81.2 Å². The Kier molecular flexibility index (Phi) is 2.35. The van der Waals surface area contributed by atoms with Crippen LogP contribution in [0.4, 0.5) is 0 Å². The molecule has 0 saturated carbocycles. The summed E-state index contributed by atoms with van der Waals surface area (Å²) < 4.78 is 0. The Hall–Kier alpha value is -2.68. The number of nitrogens with zero attached hydrogens (tertiary/aromatic N) is 3. The van der Waals surface area contributed by atoms with Crippen molar-refractivity contribution in [3.05, 3.63) is 35.4 Å². The third kappa shape index (κ3) is 1.67. The molecule has 0 spiro atoms. The summed E-state index contributed by atoms with van der Waals surface area (Å²) in [4.78, 5) is 38.1. The van der Waals surface area contributed by atoms with Crippen LogP contribution in [0.3, 0.4) is 0 Å². The fraction of sp³-hybridized carbons (Fsp3) is 0.231. The first-order valence-electron chi connectivity index (χ1n) is 5.78. The number of hydrogen-bond acceptors (Lipinski definition) is 4. The summed E-state index contributed by atoms with van der Waals surface area (Å²) in [5.74, 6) is -1.28. The molecule has 2 aliphatic heterocycles. The van der Waals surface area contributed by atoms with Crippen LogP contribution in [-0.2, 0) is 4.79 Å². The number of rotatable bonds is 2. The zero-order valence-corrected chi connectivity index (χ0v) is 9.87.